The number of likely N-dealkylation sites (N-methyl/N-ethyl adjacent to an activating group) is 1. The van der Waals surface area contributed by atoms with Crippen molar-refractivity contribution in [2.75, 3.05) is 13.6 Å². The highest BCUT2D eigenvalue weighted by Crippen LogP contribution is 2.25. The van der Waals surface area contributed by atoms with Crippen molar-refractivity contribution in [1.82, 2.24) is 15.5 Å². The summed E-state index contributed by atoms with van der Waals surface area (Å²) in [6, 6.07) is 1.13. The summed E-state index contributed by atoms with van der Waals surface area (Å²) in [7, 11) is 1.75. The molecule has 18 heavy (non-hydrogen) atoms. The van der Waals surface area contributed by atoms with E-state index in [1.165, 1.54) is 0 Å². The predicted octanol–water partition coefficient (Wildman–Crippen LogP) is 1.92. The first kappa shape index (κ1) is 12.6. The van der Waals surface area contributed by atoms with Crippen LogP contribution in [0.15, 0.2) is 16.7 Å². The Bertz CT molecular complexity index is 533. The molecule has 0 unspecified atom stereocenters. The van der Waals surface area contributed by atoms with E-state index in [0.717, 1.165) is 0 Å². The van der Waals surface area contributed by atoms with Crippen LogP contribution >= 0.6 is 0 Å². The molecule has 2 aromatic rings. The minimum atomic E-state index is -1.07. The summed E-state index contributed by atoms with van der Waals surface area (Å²) in [5, 5.41) is 6.46. The van der Waals surface area contributed by atoms with Gasteiger partial charge in [-0.25, -0.2) is 13.2 Å². The van der Waals surface area contributed by atoms with Gasteiger partial charge in [-0.15, -0.1) is 0 Å². The fourth-order valence-corrected chi connectivity index (χ4v) is 1.44. The lowest BCUT2D eigenvalue weighted by atomic mass is 10.2. The van der Waals surface area contributed by atoms with Crippen molar-refractivity contribution in [3.05, 3.63) is 35.4 Å². The largest absolute Gasteiger partial charge is 0.334 e. The molecule has 96 valence electrons. The van der Waals surface area contributed by atoms with Crippen molar-refractivity contribution < 1.29 is 17.7 Å². The van der Waals surface area contributed by atoms with Gasteiger partial charge in [-0.2, -0.15) is 4.98 Å². The van der Waals surface area contributed by atoms with Gasteiger partial charge in [-0.1, -0.05) is 5.16 Å². The highest BCUT2D eigenvalue weighted by molar-refractivity contribution is 5.54. The van der Waals surface area contributed by atoms with E-state index in [9.17, 15) is 13.2 Å². The standard InChI is InChI=1S/C11H10F3N3O/c1-15-3-2-9-16-11(18-17-9)10-7(13)4-6(12)5-8(10)14/h4-5,15H,2-3H2,1H3. The first-order valence-corrected chi connectivity index (χ1v) is 5.24. The summed E-state index contributed by atoms with van der Waals surface area (Å²) >= 11 is 0. The molecule has 4 nitrogen and oxygen atoms in total. The zero-order chi connectivity index (χ0) is 13.1. The normalized spacial score (nSPS) is 10.9. The molecule has 7 heteroatoms. The van der Waals surface area contributed by atoms with Crippen molar-refractivity contribution in [1.29, 1.82) is 0 Å². The van der Waals surface area contributed by atoms with Gasteiger partial charge in [-0.3, -0.25) is 0 Å². The second-order valence-corrected chi connectivity index (χ2v) is 3.61. The van der Waals surface area contributed by atoms with Crippen LogP contribution in [0.5, 0.6) is 0 Å². The predicted molar refractivity (Wildman–Crippen MR) is 57.2 cm³/mol. The van der Waals surface area contributed by atoms with Crippen molar-refractivity contribution in [2.45, 2.75) is 6.42 Å². The van der Waals surface area contributed by atoms with Crippen molar-refractivity contribution in [2.24, 2.45) is 0 Å². The highest BCUT2D eigenvalue weighted by atomic mass is 19.1. The molecule has 0 aliphatic heterocycles. The van der Waals surface area contributed by atoms with E-state index in [0.29, 0.717) is 30.9 Å². The van der Waals surface area contributed by atoms with Gasteiger partial charge in [0.2, 0.25) is 0 Å². The lowest BCUT2D eigenvalue weighted by Gasteiger charge is -1.99. The van der Waals surface area contributed by atoms with Crippen LogP contribution in [0.25, 0.3) is 11.5 Å². The molecule has 1 aromatic carbocycles. The Kier molecular flexibility index (Phi) is 3.61. The molecule has 0 saturated carbocycles. The zero-order valence-corrected chi connectivity index (χ0v) is 9.51. The van der Waals surface area contributed by atoms with Crippen LogP contribution in [0.1, 0.15) is 5.82 Å². The Morgan fingerprint density at radius 2 is 1.89 bits per heavy atom. The van der Waals surface area contributed by atoms with E-state index < -0.39 is 23.0 Å². The van der Waals surface area contributed by atoms with Gasteiger partial charge in [0.05, 0.1) is 0 Å². The van der Waals surface area contributed by atoms with E-state index in [1.54, 1.807) is 7.05 Å². The average molecular weight is 257 g/mol. The Morgan fingerprint density at radius 3 is 2.50 bits per heavy atom. The van der Waals surface area contributed by atoms with E-state index >= 15 is 0 Å². The fourth-order valence-electron chi connectivity index (χ4n) is 1.44. The van der Waals surface area contributed by atoms with Crippen LogP contribution in [-0.2, 0) is 6.42 Å². The first-order valence-electron chi connectivity index (χ1n) is 5.24. The van der Waals surface area contributed by atoms with Crippen LogP contribution in [0, 0.1) is 17.5 Å². The van der Waals surface area contributed by atoms with Crippen LogP contribution in [0.4, 0.5) is 13.2 Å². The van der Waals surface area contributed by atoms with Crippen molar-refractivity contribution in [3.8, 4) is 11.5 Å². The summed E-state index contributed by atoms with van der Waals surface area (Å²) in [4.78, 5) is 3.85. The van der Waals surface area contributed by atoms with Gasteiger partial charge in [0.25, 0.3) is 5.89 Å². The van der Waals surface area contributed by atoms with E-state index in [4.69, 9.17) is 4.52 Å². The van der Waals surface area contributed by atoms with Crippen LogP contribution in [0.2, 0.25) is 0 Å². The van der Waals surface area contributed by atoms with Gasteiger partial charge >= 0.3 is 0 Å². The number of hydrogen-bond acceptors (Lipinski definition) is 4. The number of rotatable bonds is 4. The first-order chi connectivity index (χ1) is 8.61. The number of hydrogen-bond donors (Lipinski definition) is 1. The fraction of sp³-hybridized carbons (Fsp3) is 0.273. The van der Waals surface area contributed by atoms with Crippen molar-refractivity contribution >= 4 is 0 Å². The highest BCUT2D eigenvalue weighted by Gasteiger charge is 2.19. The number of halogens is 3. The smallest absolute Gasteiger partial charge is 0.263 e. The monoisotopic (exact) mass is 257 g/mol. The maximum absolute atomic E-state index is 13.4. The second-order valence-electron chi connectivity index (χ2n) is 3.61. The molecule has 0 radical (unpaired) electrons. The van der Waals surface area contributed by atoms with Gasteiger partial charge in [-0.05, 0) is 7.05 Å². The zero-order valence-electron chi connectivity index (χ0n) is 9.51. The molecule has 0 saturated heterocycles. The Morgan fingerprint density at radius 1 is 1.22 bits per heavy atom. The molecule has 2 rings (SSSR count). The summed E-state index contributed by atoms with van der Waals surface area (Å²) in [5.74, 6) is -3.12. The Labute approximate surface area is 101 Å². The molecule has 1 N–H and O–H groups in total. The van der Waals surface area contributed by atoms with Crippen LogP contribution < -0.4 is 5.32 Å². The quantitative estimate of drug-likeness (QED) is 0.909. The summed E-state index contributed by atoms with van der Waals surface area (Å²) in [6.45, 7) is 0.605. The molecule has 0 aliphatic carbocycles. The van der Waals surface area contributed by atoms with Crippen LogP contribution in [-0.4, -0.2) is 23.7 Å². The number of benzene rings is 1. The molecule has 0 atom stereocenters. The Balaban J connectivity index is 2.34. The van der Waals surface area contributed by atoms with Crippen molar-refractivity contribution in [3.63, 3.8) is 0 Å². The summed E-state index contributed by atoms with van der Waals surface area (Å²) in [5.41, 5.74) is -0.514. The molecule has 0 spiro atoms. The SMILES string of the molecule is CNCCc1noc(-c2c(F)cc(F)cc2F)n1. The molecule has 0 aliphatic rings. The molecule has 0 bridgehead atoms. The third kappa shape index (κ3) is 2.51. The number of nitrogens with zero attached hydrogens (tertiary/aromatic N) is 2. The summed E-state index contributed by atoms with van der Waals surface area (Å²) in [6.07, 6.45) is 0.463. The number of nitrogens with one attached hydrogen (secondary N) is 1. The lowest BCUT2D eigenvalue weighted by molar-refractivity contribution is 0.416. The molecule has 0 fully saturated rings. The maximum atomic E-state index is 13.4. The molecular weight excluding hydrogens is 247 g/mol. The van der Waals surface area contributed by atoms with Gasteiger partial charge < -0.3 is 9.84 Å². The molecule has 0 amide bonds. The molecule has 1 aromatic heterocycles. The molecular formula is C11H10F3N3O. The molecule has 1 heterocycles. The maximum Gasteiger partial charge on any atom is 0.263 e. The van der Waals surface area contributed by atoms with Crippen LogP contribution in [0.3, 0.4) is 0 Å². The van der Waals surface area contributed by atoms with E-state index in [-0.39, 0.29) is 5.89 Å². The topological polar surface area (TPSA) is 51.0 Å². The van der Waals surface area contributed by atoms with Gasteiger partial charge in [0, 0.05) is 25.1 Å². The minimum absolute atomic E-state index is 0.295. The number of aromatic nitrogens is 2. The Hall–Kier alpha value is -1.89. The van der Waals surface area contributed by atoms with E-state index in [1.807, 2.05) is 0 Å². The third-order valence-corrected chi connectivity index (χ3v) is 2.29. The lowest BCUT2D eigenvalue weighted by Crippen LogP contribution is -2.11. The third-order valence-electron chi connectivity index (χ3n) is 2.29. The second kappa shape index (κ2) is 5.18. The average Bonchev–Trinajstić information content (AvgIpc) is 2.73. The van der Waals surface area contributed by atoms with E-state index in [2.05, 4.69) is 15.5 Å². The van der Waals surface area contributed by atoms with Gasteiger partial charge in [0.1, 0.15) is 23.0 Å². The van der Waals surface area contributed by atoms with Gasteiger partial charge in [0.15, 0.2) is 5.82 Å². The summed E-state index contributed by atoms with van der Waals surface area (Å²) < 4.78 is 44.4. The minimum Gasteiger partial charge on any atom is -0.334 e.